The first-order valence-corrected chi connectivity index (χ1v) is 12.3. The zero-order valence-corrected chi connectivity index (χ0v) is 19.8. The number of fused-ring (bicyclic) bond motifs is 3. The summed E-state index contributed by atoms with van der Waals surface area (Å²) in [5, 5.41) is 8.22. The lowest BCUT2D eigenvalue weighted by atomic mass is 9.35. The van der Waals surface area contributed by atoms with Crippen LogP contribution in [0.25, 0.3) is 32.3 Å². The van der Waals surface area contributed by atoms with Gasteiger partial charge >= 0.3 is 0 Å². The SMILES string of the molecule is CC(C)c1ccc2ccc3c4c(cc5ccc1c2c53)B(c1ccccc1)c1ccccc1N4C. The molecule has 0 spiro atoms. The molecule has 7 rings (SSSR count). The first-order valence-electron chi connectivity index (χ1n) is 12.3. The molecule has 0 fully saturated rings. The molecular weight excluding hydrogens is 409 g/mol. The largest absolute Gasteiger partial charge is 0.345 e. The monoisotopic (exact) mass is 435 g/mol. The fourth-order valence-corrected chi connectivity index (χ4v) is 6.33. The molecule has 0 aliphatic carbocycles. The van der Waals surface area contributed by atoms with Crippen molar-refractivity contribution in [2.45, 2.75) is 19.8 Å². The van der Waals surface area contributed by atoms with Crippen LogP contribution in [0.3, 0.4) is 0 Å². The minimum Gasteiger partial charge on any atom is -0.345 e. The third kappa shape index (κ3) is 2.57. The maximum absolute atomic E-state index is 2.46. The van der Waals surface area contributed by atoms with E-state index in [1.165, 1.54) is 65.6 Å². The molecular formula is C32H26BN. The highest BCUT2D eigenvalue weighted by atomic mass is 15.1. The van der Waals surface area contributed by atoms with Crippen molar-refractivity contribution in [1.82, 2.24) is 0 Å². The standard InChI is InChI=1S/C32H26BN/c1-20(2)24-16-13-21-14-18-26-31-22(15-17-25(24)30(21)31)19-28-32(26)34(3)29-12-8-7-11-27(29)33(28)23-9-5-4-6-10-23/h4-20H,1-3H3. The Morgan fingerprint density at radius 2 is 1.32 bits per heavy atom. The molecule has 0 N–H and O–H groups in total. The van der Waals surface area contributed by atoms with Gasteiger partial charge < -0.3 is 4.90 Å². The highest BCUT2D eigenvalue weighted by Gasteiger charge is 2.34. The quantitative estimate of drug-likeness (QED) is 0.228. The van der Waals surface area contributed by atoms with Crippen molar-refractivity contribution in [1.29, 1.82) is 0 Å². The third-order valence-corrected chi connectivity index (χ3v) is 7.83. The summed E-state index contributed by atoms with van der Waals surface area (Å²) in [5.74, 6) is 0.496. The van der Waals surface area contributed by atoms with Gasteiger partial charge in [0.2, 0.25) is 6.71 Å². The Hall–Kier alpha value is -3.78. The molecule has 0 saturated carbocycles. The smallest absolute Gasteiger partial charge is 0.246 e. The number of nitrogens with zero attached hydrogens (tertiary/aromatic N) is 1. The van der Waals surface area contributed by atoms with E-state index in [-0.39, 0.29) is 6.71 Å². The average Bonchev–Trinajstić information content (AvgIpc) is 2.87. The molecule has 1 heterocycles. The van der Waals surface area contributed by atoms with E-state index in [4.69, 9.17) is 0 Å². The van der Waals surface area contributed by atoms with Crippen LogP contribution in [0.4, 0.5) is 11.4 Å². The lowest BCUT2D eigenvalue weighted by Crippen LogP contribution is -2.57. The number of rotatable bonds is 2. The minimum atomic E-state index is 0.219. The Morgan fingerprint density at radius 1 is 0.647 bits per heavy atom. The van der Waals surface area contributed by atoms with E-state index in [2.05, 4.69) is 123 Å². The van der Waals surface area contributed by atoms with Gasteiger partial charge in [0.25, 0.3) is 0 Å². The summed E-state index contributed by atoms with van der Waals surface area (Å²) in [6, 6.07) is 36.3. The van der Waals surface area contributed by atoms with Crippen LogP contribution in [-0.2, 0) is 0 Å². The molecule has 1 nitrogen and oxygen atoms in total. The molecule has 0 radical (unpaired) electrons. The molecule has 0 amide bonds. The number of hydrogen-bond acceptors (Lipinski definition) is 1. The van der Waals surface area contributed by atoms with E-state index < -0.39 is 0 Å². The molecule has 0 saturated heterocycles. The van der Waals surface area contributed by atoms with Crippen LogP contribution in [0.15, 0.2) is 97.1 Å². The minimum absolute atomic E-state index is 0.219. The Morgan fingerprint density at radius 3 is 2.15 bits per heavy atom. The highest BCUT2D eigenvalue weighted by molar-refractivity contribution is 6.98. The first-order chi connectivity index (χ1) is 16.6. The molecule has 1 aliphatic rings. The molecule has 34 heavy (non-hydrogen) atoms. The maximum Gasteiger partial charge on any atom is 0.246 e. The average molecular weight is 435 g/mol. The summed E-state index contributed by atoms with van der Waals surface area (Å²) in [6.07, 6.45) is 0. The van der Waals surface area contributed by atoms with Crippen molar-refractivity contribution in [3.05, 3.63) is 103 Å². The Balaban J connectivity index is 1.64. The van der Waals surface area contributed by atoms with Gasteiger partial charge in [0.1, 0.15) is 0 Å². The normalized spacial score (nSPS) is 13.3. The summed E-state index contributed by atoms with van der Waals surface area (Å²) in [6.45, 7) is 4.81. The summed E-state index contributed by atoms with van der Waals surface area (Å²) in [7, 11) is 2.23. The van der Waals surface area contributed by atoms with Crippen LogP contribution in [0.1, 0.15) is 25.3 Å². The van der Waals surface area contributed by atoms with Crippen LogP contribution in [-0.4, -0.2) is 13.8 Å². The van der Waals surface area contributed by atoms with E-state index in [1.54, 1.807) is 0 Å². The summed E-state index contributed by atoms with van der Waals surface area (Å²) < 4.78 is 0. The topological polar surface area (TPSA) is 3.24 Å². The van der Waals surface area contributed by atoms with Gasteiger partial charge in [-0.1, -0.05) is 110 Å². The van der Waals surface area contributed by atoms with E-state index in [0.717, 1.165) is 0 Å². The van der Waals surface area contributed by atoms with Crippen molar-refractivity contribution in [2.75, 3.05) is 11.9 Å². The van der Waals surface area contributed by atoms with Gasteiger partial charge in [-0.3, -0.25) is 0 Å². The second kappa shape index (κ2) is 7.11. The molecule has 6 aromatic rings. The van der Waals surface area contributed by atoms with Gasteiger partial charge in [0.05, 0.1) is 0 Å². The van der Waals surface area contributed by atoms with Gasteiger partial charge in [-0.2, -0.15) is 0 Å². The van der Waals surface area contributed by atoms with Crippen LogP contribution in [0.2, 0.25) is 0 Å². The molecule has 0 unspecified atom stereocenters. The number of anilines is 2. The number of benzene rings is 6. The molecule has 2 heteroatoms. The Labute approximate surface area is 201 Å². The van der Waals surface area contributed by atoms with Crippen molar-refractivity contribution in [3.63, 3.8) is 0 Å². The zero-order valence-electron chi connectivity index (χ0n) is 19.8. The second-order valence-electron chi connectivity index (χ2n) is 10.0. The molecule has 6 aromatic carbocycles. The fraction of sp³-hybridized carbons (Fsp3) is 0.125. The van der Waals surface area contributed by atoms with Crippen LogP contribution >= 0.6 is 0 Å². The van der Waals surface area contributed by atoms with Gasteiger partial charge in [-0.25, -0.2) is 0 Å². The summed E-state index contributed by atoms with van der Waals surface area (Å²) >= 11 is 0. The van der Waals surface area contributed by atoms with Crippen molar-refractivity contribution in [3.8, 4) is 0 Å². The van der Waals surface area contributed by atoms with Crippen LogP contribution in [0.5, 0.6) is 0 Å². The third-order valence-electron chi connectivity index (χ3n) is 7.83. The zero-order chi connectivity index (χ0) is 23.0. The van der Waals surface area contributed by atoms with E-state index in [9.17, 15) is 0 Å². The van der Waals surface area contributed by atoms with Gasteiger partial charge in [0, 0.05) is 23.8 Å². The predicted octanol–water partition coefficient (Wildman–Crippen LogP) is 6.30. The molecule has 162 valence electrons. The van der Waals surface area contributed by atoms with Gasteiger partial charge in [-0.15, -0.1) is 0 Å². The van der Waals surface area contributed by atoms with E-state index in [1.807, 2.05) is 0 Å². The summed E-state index contributed by atoms with van der Waals surface area (Å²) in [5.41, 5.74) is 8.17. The summed E-state index contributed by atoms with van der Waals surface area (Å²) in [4.78, 5) is 2.42. The second-order valence-corrected chi connectivity index (χ2v) is 10.0. The van der Waals surface area contributed by atoms with Crippen molar-refractivity contribution < 1.29 is 0 Å². The number of hydrogen-bond donors (Lipinski definition) is 0. The van der Waals surface area contributed by atoms with E-state index >= 15 is 0 Å². The maximum atomic E-state index is 2.46. The van der Waals surface area contributed by atoms with Crippen LogP contribution < -0.4 is 21.3 Å². The molecule has 0 atom stereocenters. The molecule has 0 aromatic heterocycles. The van der Waals surface area contributed by atoms with Gasteiger partial charge in [-0.05, 0) is 55.4 Å². The lowest BCUT2D eigenvalue weighted by Gasteiger charge is -2.36. The van der Waals surface area contributed by atoms with Crippen molar-refractivity contribution in [2.24, 2.45) is 0 Å². The fourth-order valence-electron chi connectivity index (χ4n) is 6.33. The number of para-hydroxylation sites is 1. The lowest BCUT2D eigenvalue weighted by molar-refractivity contribution is 0.877. The molecule has 1 aliphatic heterocycles. The predicted molar refractivity (Wildman–Crippen MR) is 150 cm³/mol. The van der Waals surface area contributed by atoms with Crippen LogP contribution in [0, 0.1) is 0 Å². The Bertz CT molecular complexity index is 1700. The van der Waals surface area contributed by atoms with Crippen molar-refractivity contribution >= 4 is 66.8 Å². The Kier molecular flexibility index (Phi) is 4.11. The van der Waals surface area contributed by atoms with Gasteiger partial charge in [0.15, 0.2) is 0 Å². The highest BCUT2D eigenvalue weighted by Crippen LogP contribution is 2.42. The molecule has 0 bridgehead atoms. The van der Waals surface area contributed by atoms with E-state index in [0.29, 0.717) is 5.92 Å². The first kappa shape index (κ1) is 19.7.